The second kappa shape index (κ2) is 12.2. The minimum Gasteiger partial charge on any atom is -0.469 e. The quantitative estimate of drug-likeness (QED) is 0.292. The lowest BCUT2D eigenvalue weighted by atomic mass is 9.82. The molecule has 1 fully saturated rings. The molecule has 0 aliphatic carbocycles. The Morgan fingerprint density at radius 2 is 1.61 bits per heavy atom. The summed E-state index contributed by atoms with van der Waals surface area (Å²) >= 11 is 0. The fraction of sp³-hybridized carbons (Fsp3) is 0.357. The molecule has 2 aromatic carbocycles. The molecule has 1 aliphatic rings. The van der Waals surface area contributed by atoms with Gasteiger partial charge in [0, 0.05) is 23.9 Å². The first-order chi connectivity index (χ1) is 17.3. The van der Waals surface area contributed by atoms with Crippen LogP contribution in [-0.4, -0.2) is 55.0 Å². The standard InChI is InChI=1S/C28H31NO7/c1-5-35-27(32)25-22(15-24(30)34-4)23(26(31)21-13-11-20(12-14-21)18(2)3)16-29(25)28(33)36-17-19-9-7-6-8-10-19/h6-14,22-23,25H,2,5,15-17H2,1,3-4H3/t22-,23-,25-/m0/s1. The number of nitrogens with zero attached hydrogens (tertiary/aromatic N) is 1. The summed E-state index contributed by atoms with van der Waals surface area (Å²) in [5.41, 5.74) is 2.92. The first kappa shape index (κ1) is 26.7. The van der Waals surface area contributed by atoms with E-state index >= 15 is 0 Å². The van der Waals surface area contributed by atoms with Crippen molar-refractivity contribution in [3.63, 3.8) is 0 Å². The molecule has 36 heavy (non-hydrogen) atoms. The number of Topliss-reactive ketones (excluding diaryl/α,β-unsaturated/α-hetero) is 1. The number of methoxy groups -OCH3 is 1. The van der Waals surface area contributed by atoms with Crippen LogP contribution >= 0.6 is 0 Å². The molecule has 1 aliphatic heterocycles. The van der Waals surface area contributed by atoms with Crippen LogP contribution in [0, 0.1) is 11.8 Å². The van der Waals surface area contributed by atoms with Crippen molar-refractivity contribution in [1.29, 1.82) is 0 Å². The van der Waals surface area contributed by atoms with Crippen molar-refractivity contribution < 1.29 is 33.4 Å². The number of benzene rings is 2. The lowest BCUT2D eigenvalue weighted by molar-refractivity contribution is -0.150. The van der Waals surface area contributed by atoms with E-state index in [1.165, 1.54) is 12.0 Å². The molecule has 3 rings (SSSR count). The lowest BCUT2D eigenvalue weighted by Crippen LogP contribution is -2.45. The van der Waals surface area contributed by atoms with Crippen LogP contribution in [-0.2, 0) is 30.4 Å². The number of carbonyl (C=O) groups excluding carboxylic acids is 4. The molecule has 0 unspecified atom stereocenters. The molecule has 1 heterocycles. The Hall–Kier alpha value is -3.94. The van der Waals surface area contributed by atoms with Crippen LogP contribution in [0.5, 0.6) is 0 Å². The van der Waals surface area contributed by atoms with Gasteiger partial charge in [-0.15, -0.1) is 0 Å². The Morgan fingerprint density at radius 3 is 2.19 bits per heavy atom. The molecular weight excluding hydrogens is 462 g/mol. The molecule has 0 N–H and O–H groups in total. The van der Waals surface area contributed by atoms with Gasteiger partial charge >= 0.3 is 18.0 Å². The van der Waals surface area contributed by atoms with E-state index < -0.39 is 35.9 Å². The summed E-state index contributed by atoms with van der Waals surface area (Å²) in [5, 5.41) is 0. The highest BCUT2D eigenvalue weighted by atomic mass is 16.6. The third-order valence-electron chi connectivity index (χ3n) is 6.25. The van der Waals surface area contributed by atoms with Gasteiger partial charge in [-0.1, -0.05) is 66.7 Å². The van der Waals surface area contributed by atoms with Crippen LogP contribution in [0.4, 0.5) is 4.79 Å². The van der Waals surface area contributed by atoms with Crippen LogP contribution in [0.3, 0.4) is 0 Å². The zero-order chi connectivity index (χ0) is 26.2. The summed E-state index contributed by atoms with van der Waals surface area (Å²) < 4.78 is 15.5. The first-order valence-corrected chi connectivity index (χ1v) is 11.8. The highest BCUT2D eigenvalue weighted by molar-refractivity contribution is 6.00. The number of carbonyl (C=O) groups is 4. The highest BCUT2D eigenvalue weighted by Gasteiger charge is 2.52. The van der Waals surface area contributed by atoms with Crippen LogP contribution in [0.25, 0.3) is 5.57 Å². The first-order valence-electron chi connectivity index (χ1n) is 11.8. The highest BCUT2D eigenvalue weighted by Crippen LogP contribution is 2.36. The van der Waals surface area contributed by atoms with Crippen molar-refractivity contribution in [2.24, 2.45) is 11.8 Å². The topological polar surface area (TPSA) is 99.2 Å². The van der Waals surface area contributed by atoms with E-state index in [0.717, 1.165) is 16.7 Å². The molecule has 0 radical (unpaired) electrons. The average molecular weight is 494 g/mol. The van der Waals surface area contributed by atoms with Gasteiger partial charge in [0.2, 0.25) is 0 Å². The van der Waals surface area contributed by atoms with Gasteiger partial charge in [-0.3, -0.25) is 14.5 Å². The van der Waals surface area contributed by atoms with Gasteiger partial charge in [0.05, 0.1) is 20.1 Å². The smallest absolute Gasteiger partial charge is 0.410 e. The van der Waals surface area contributed by atoms with E-state index in [4.69, 9.17) is 14.2 Å². The lowest BCUT2D eigenvalue weighted by Gasteiger charge is -2.25. The Balaban J connectivity index is 1.92. The number of ketones is 1. The maximum Gasteiger partial charge on any atom is 0.410 e. The zero-order valence-corrected chi connectivity index (χ0v) is 20.8. The van der Waals surface area contributed by atoms with E-state index in [1.807, 2.05) is 25.1 Å². The summed E-state index contributed by atoms with van der Waals surface area (Å²) in [6.45, 7) is 7.38. The normalized spacial score (nSPS) is 18.9. The van der Waals surface area contributed by atoms with E-state index in [2.05, 4.69) is 6.58 Å². The predicted molar refractivity (Wildman–Crippen MR) is 133 cm³/mol. The molecule has 0 saturated carbocycles. The average Bonchev–Trinajstić information content (AvgIpc) is 3.26. The van der Waals surface area contributed by atoms with Gasteiger partial charge in [0.1, 0.15) is 12.6 Å². The number of hydrogen-bond donors (Lipinski definition) is 0. The molecule has 8 heteroatoms. The van der Waals surface area contributed by atoms with Gasteiger partial charge in [0.25, 0.3) is 0 Å². The third-order valence-corrected chi connectivity index (χ3v) is 6.25. The molecule has 3 atom stereocenters. The summed E-state index contributed by atoms with van der Waals surface area (Å²) in [6.07, 6.45) is -0.998. The maximum absolute atomic E-state index is 13.6. The second-order valence-corrected chi connectivity index (χ2v) is 8.66. The van der Waals surface area contributed by atoms with Crippen molar-refractivity contribution in [3.05, 3.63) is 77.9 Å². The number of likely N-dealkylation sites (tertiary alicyclic amines) is 1. The molecule has 0 spiro atoms. The van der Waals surface area contributed by atoms with Crippen LogP contribution < -0.4 is 0 Å². The van der Waals surface area contributed by atoms with Gasteiger partial charge < -0.3 is 14.2 Å². The fourth-order valence-electron chi connectivity index (χ4n) is 4.37. The van der Waals surface area contributed by atoms with E-state index in [0.29, 0.717) is 5.56 Å². The molecule has 1 amide bonds. The number of rotatable bonds is 9. The van der Waals surface area contributed by atoms with Crippen LogP contribution in [0.1, 0.15) is 41.8 Å². The SMILES string of the molecule is C=C(C)c1ccc(C(=O)[C@H]2CN(C(=O)OCc3ccccc3)[C@H](C(=O)OCC)[C@H]2CC(=O)OC)cc1. The van der Waals surface area contributed by atoms with Gasteiger partial charge in [-0.05, 0) is 25.0 Å². The molecule has 8 nitrogen and oxygen atoms in total. The monoisotopic (exact) mass is 493 g/mol. The van der Waals surface area contributed by atoms with Crippen molar-refractivity contribution in [3.8, 4) is 0 Å². The second-order valence-electron chi connectivity index (χ2n) is 8.66. The zero-order valence-electron chi connectivity index (χ0n) is 20.8. The number of esters is 2. The molecule has 0 bridgehead atoms. The summed E-state index contributed by atoms with van der Waals surface area (Å²) in [4.78, 5) is 53.2. The minimum absolute atomic E-state index is 0.00559. The third kappa shape index (κ3) is 6.19. The fourth-order valence-corrected chi connectivity index (χ4v) is 4.37. The molecular formula is C28H31NO7. The van der Waals surface area contributed by atoms with E-state index in [9.17, 15) is 19.2 Å². The molecule has 2 aromatic rings. The largest absolute Gasteiger partial charge is 0.469 e. The Bertz CT molecular complexity index is 1110. The van der Waals surface area contributed by atoms with Crippen molar-refractivity contribution in [2.45, 2.75) is 32.9 Å². The van der Waals surface area contributed by atoms with Crippen LogP contribution in [0.2, 0.25) is 0 Å². The number of allylic oxidation sites excluding steroid dienone is 1. The van der Waals surface area contributed by atoms with Crippen molar-refractivity contribution >= 4 is 29.4 Å². The Labute approximate surface area is 210 Å². The number of ether oxygens (including phenoxy) is 3. The summed E-state index contributed by atoms with van der Waals surface area (Å²) in [7, 11) is 1.23. The number of hydrogen-bond acceptors (Lipinski definition) is 7. The maximum atomic E-state index is 13.6. The number of amides is 1. The Kier molecular flexibility index (Phi) is 9.00. The summed E-state index contributed by atoms with van der Waals surface area (Å²) in [6, 6.07) is 14.9. The predicted octanol–water partition coefficient (Wildman–Crippen LogP) is 4.28. The van der Waals surface area contributed by atoms with E-state index in [1.54, 1.807) is 43.3 Å². The Morgan fingerprint density at radius 1 is 0.972 bits per heavy atom. The van der Waals surface area contributed by atoms with Gasteiger partial charge in [0.15, 0.2) is 5.78 Å². The van der Waals surface area contributed by atoms with Crippen molar-refractivity contribution in [2.75, 3.05) is 20.3 Å². The van der Waals surface area contributed by atoms with E-state index in [-0.39, 0.29) is 32.0 Å². The molecule has 0 aromatic heterocycles. The van der Waals surface area contributed by atoms with Crippen molar-refractivity contribution in [1.82, 2.24) is 4.90 Å². The van der Waals surface area contributed by atoms with Gasteiger partial charge in [-0.25, -0.2) is 9.59 Å². The molecule has 190 valence electrons. The summed E-state index contributed by atoms with van der Waals surface area (Å²) in [5.74, 6) is -3.25. The molecule has 1 saturated heterocycles. The van der Waals surface area contributed by atoms with Crippen LogP contribution in [0.15, 0.2) is 61.2 Å². The minimum atomic E-state index is -1.17. The van der Waals surface area contributed by atoms with Gasteiger partial charge in [-0.2, -0.15) is 0 Å².